The number of nitrogens with zero attached hydrogens (tertiary/aromatic N) is 1. The number of nitrogens with one attached hydrogen (secondary N) is 1. The normalized spacial score (nSPS) is 13.5. The predicted molar refractivity (Wildman–Crippen MR) is 94.7 cm³/mol. The van der Waals surface area contributed by atoms with Crippen LogP contribution in [0.25, 0.3) is 0 Å². The van der Waals surface area contributed by atoms with E-state index in [1.165, 1.54) is 0 Å². The second kappa shape index (κ2) is 9.13. The number of hydrogen-bond acceptors (Lipinski definition) is 4. The summed E-state index contributed by atoms with van der Waals surface area (Å²) < 4.78 is 12.0. The van der Waals surface area contributed by atoms with Gasteiger partial charge in [-0.25, -0.2) is 4.98 Å². The van der Waals surface area contributed by atoms with Gasteiger partial charge in [-0.3, -0.25) is 0 Å². The largest absolute Gasteiger partial charge is 0.394 e. The SMILES string of the molecule is OC[C@@H](OCc1ccccc1)[C@H](OCc1ccccc1)c1cnc[nH]1. The number of aromatic amines is 1. The van der Waals surface area contributed by atoms with Crippen LogP contribution >= 0.6 is 0 Å². The van der Waals surface area contributed by atoms with Crippen molar-refractivity contribution in [2.24, 2.45) is 0 Å². The van der Waals surface area contributed by atoms with Crippen LogP contribution in [0.5, 0.6) is 0 Å². The highest BCUT2D eigenvalue weighted by Crippen LogP contribution is 2.24. The summed E-state index contributed by atoms with van der Waals surface area (Å²) in [5, 5.41) is 9.83. The van der Waals surface area contributed by atoms with Gasteiger partial charge in [0.05, 0.1) is 38.0 Å². The summed E-state index contributed by atoms with van der Waals surface area (Å²) in [4.78, 5) is 7.12. The van der Waals surface area contributed by atoms with E-state index in [1.807, 2.05) is 60.7 Å². The summed E-state index contributed by atoms with van der Waals surface area (Å²) in [5.41, 5.74) is 2.89. The number of hydrogen-bond donors (Lipinski definition) is 2. The topological polar surface area (TPSA) is 67.4 Å². The van der Waals surface area contributed by atoms with E-state index >= 15 is 0 Å². The van der Waals surface area contributed by atoms with Gasteiger partial charge in [0, 0.05) is 0 Å². The molecule has 25 heavy (non-hydrogen) atoms. The molecule has 0 aliphatic rings. The number of aliphatic hydroxyl groups excluding tert-OH is 1. The van der Waals surface area contributed by atoms with E-state index in [0.717, 1.165) is 16.8 Å². The molecule has 0 bridgehead atoms. The minimum absolute atomic E-state index is 0.148. The molecule has 0 spiro atoms. The van der Waals surface area contributed by atoms with Gasteiger partial charge in [0.25, 0.3) is 0 Å². The number of aliphatic hydroxyl groups is 1. The van der Waals surface area contributed by atoms with Crippen LogP contribution in [-0.2, 0) is 22.7 Å². The third kappa shape index (κ3) is 5.00. The van der Waals surface area contributed by atoms with Crippen molar-refractivity contribution in [3.8, 4) is 0 Å². The van der Waals surface area contributed by atoms with Gasteiger partial charge in [-0.1, -0.05) is 60.7 Å². The van der Waals surface area contributed by atoms with Crippen LogP contribution in [0, 0.1) is 0 Å². The molecule has 0 radical (unpaired) electrons. The first kappa shape index (κ1) is 17.4. The molecule has 0 unspecified atom stereocenters. The predicted octanol–water partition coefficient (Wildman–Crippen LogP) is 3.25. The van der Waals surface area contributed by atoms with E-state index in [1.54, 1.807) is 12.5 Å². The van der Waals surface area contributed by atoms with E-state index in [0.29, 0.717) is 13.2 Å². The van der Waals surface area contributed by atoms with Crippen molar-refractivity contribution in [3.63, 3.8) is 0 Å². The van der Waals surface area contributed by atoms with Crippen LogP contribution < -0.4 is 0 Å². The summed E-state index contributed by atoms with van der Waals surface area (Å²) in [5.74, 6) is 0. The van der Waals surface area contributed by atoms with Crippen LogP contribution in [0.1, 0.15) is 22.9 Å². The third-order valence-corrected chi connectivity index (χ3v) is 3.92. The van der Waals surface area contributed by atoms with Crippen molar-refractivity contribution in [1.82, 2.24) is 9.97 Å². The average molecular weight is 338 g/mol. The molecule has 5 nitrogen and oxygen atoms in total. The lowest BCUT2D eigenvalue weighted by atomic mass is 10.1. The number of aromatic nitrogens is 2. The van der Waals surface area contributed by atoms with Gasteiger partial charge in [0.2, 0.25) is 0 Å². The second-order valence-electron chi connectivity index (χ2n) is 5.74. The zero-order valence-electron chi connectivity index (χ0n) is 13.9. The highest BCUT2D eigenvalue weighted by molar-refractivity contribution is 5.15. The molecule has 2 N–H and O–H groups in total. The zero-order valence-corrected chi connectivity index (χ0v) is 13.9. The van der Waals surface area contributed by atoms with E-state index in [-0.39, 0.29) is 6.61 Å². The van der Waals surface area contributed by atoms with E-state index in [4.69, 9.17) is 9.47 Å². The fraction of sp³-hybridized carbons (Fsp3) is 0.250. The molecule has 0 saturated carbocycles. The Labute approximate surface area is 147 Å². The van der Waals surface area contributed by atoms with Crippen LogP contribution in [0.2, 0.25) is 0 Å². The molecule has 2 atom stereocenters. The maximum absolute atomic E-state index is 9.83. The lowest BCUT2D eigenvalue weighted by molar-refractivity contribution is -0.108. The first-order chi connectivity index (χ1) is 12.4. The molecule has 0 aliphatic heterocycles. The molecule has 2 aromatic carbocycles. The Bertz CT molecular complexity index is 717. The standard InChI is InChI=1S/C20H22N2O3/c23-12-19(24-13-16-7-3-1-4-8-16)20(18-11-21-15-22-18)25-14-17-9-5-2-6-10-17/h1-11,15,19-20,23H,12-14H2,(H,21,22)/t19-,20-/m1/s1. The molecule has 1 aromatic heterocycles. The first-order valence-corrected chi connectivity index (χ1v) is 8.27. The van der Waals surface area contributed by atoms with Crippen molar-refractivity contribution in [1.29, 1.82) is 0 Å². The Morgan fingerprint density at radius 1 is 0.880 bits per heavy atom. The van der Waals surface area contributed by atoms with Crippen molar-refractivity contribution < 1.29 is 14.6 Å². The Hall–Kier alpha value is -2.47. The molecule has 3 rings (SSSR count). The van der Waals surface area contributed by atoms with Crippen molar-refractivity contribution in [3.05, 3.63) is 90.0 Å². The van der Waals surface area contributed by atoms with Crippen LogP contribution in [0.15, 0.2) is 73.2 Å². The molecule has 130 valence electrons. The summed E-state index contributed by atoms with van der Waals surface area (Å²) in [6, 6.07) is 19.8. The lowest BCUT2D eigenvalue weighted by Gasteiger charge is -2.25. The third-order valence-electron chi connectivity index (χ3n) is 3.92. The Morgan fingerprint density at radius 3 is 2.00 bits per heavy atom. The summed E-state index contributed by atoms with van der Waals surface area (Å²) in [6.45, 7) is 0.687. The Balaban J connectivity index is 1.68. The minimum atomic E-state index is -0.496. The molecular weight excluding hydrogens is 316 g/mol. The van der Waals surface area contributed by atoms with Crippen molar-refractivity contribution in [2.75, 3.05) is 6.61 Å². The van der Waals surface area contributed by atoms with Gasteiger partial charge < -0.3 is 19.6 Å². The number of ether oxygens (including phenoxy) is 2. The fourth-order valence-corrected chi connectivity index (χ4v) is 2.59. The van der Waals surface area contributed by atoms with Crippen molar-refractivity contribution >= 4 is 0 Å². The second-order valence-corrected chi connectivity index (χ2v) is 5.74. The van der Waals surface area contributed by atoms with E-state index < -0.39 is 12.2 Å². The molecule has 1 heterocycles. The monoisotopic (exact) mass is 338 g/mol. The minimum Gasteiger partial charge on any atom is -0.394 e. The van der Waals surface area contributed by atoms with E-state index in [9.17, 15) is 5.11 Å². The Morgan fingerprint density at radius 2 is 1.48 bits per heavy atom. The molecule has 5 heteroatoms. The molecule has 0 saturated heterocycles. The van der Waals surface area contributed by atoms with Gasteiger partial charge in [0.15, 0.2) is 0 Å². The summed E-state index contributed by atoms with van der Waals surface area (Å²) in [7, 11) is 0. The van der Waals surface area contributed by atoms with Crippen molar-refractivity contribution in [2.45, 2.75) is 25.4 Å². The van der Waals surface area contributed by atoms with Gasteiger partial charge in [-0.05, 0) is 11.1 Å². The Kier molecular flexibility index (Phi) is 6.34. The highest BCUT2D eigenvalue weighted by Gasteiger charge is 2.26. The number of H-pyrrole nitrogens is 1. The maximum atomic E-state index is 9.83. The van der Waals surface area contributed by atoms with Gasteiger partial charge in [-0.2, -0.15) is 0 Å². The molecular formula is C20H22N2O3. The highest BCUT2D eigenvalue weighted by atomic mass is 16.5. The molecule has 0 fully saturated rings. The van der Waals surface area contributed by atoms with E-state index in [2.05, 4.69) is 9.97 Å². The summed E-state index contributed by atoms with van der Waals surface area (Å²) >= 11 is 0. The molecule has 3 aromatic rings. The number of imidazole rings is 1. The fourth-order valence-electron chi connectivity index (χ4n) is 2.59. The zero-order chi connectivity index (χ0) is 17.3. The quantitative estimate of drug-likeness (QED) is 0.628. The maximum Gasteiger partial charge on any atom is 0.128 e. The smallest absolute Gasteiger partial charge is 0.128 e. The van der Waals surface area contributed by atoms with Crippen LogP contribution in [0.3, 0.4) is 0 Å². The van der Waals surface area contributed by atoms with Gasteiger partial charge in [0.1, 0.15) is 12.2 Å². The average Bonchev–Trinajstić information content (AvgIpc) is 3.20. The first-order valence-electron chi connectivity index (χ1n) is 8.27. The summed E-state index contributed by atoms with van der Waals surface area (Å²) in [6.07, 6.45) is 2.37. The van der Waals surface area contributed by atoms with Crippen LogP contribution in [-0.4, -0.2) is 27.8 Å². The van der Waals surface area contributed by atoms with Gasteiger partial charge >= 0.3 is 0 Å². The van der Waals surface area contributed by atoms with Crippen LogP contribution in [0.4, 0.5) is 0 Å². The molecule has 0 amide bonds. The number of benzene rings is 2. The van der Waals surface area contributed by atoms with Gasteiger partial charge in [-0.15, -0.1) is 0 Å². The number of rotatable bonds is 9. The lowest BCUT2D eigenvalue weighted by Crippen LogP contribution is -2.28. The molecule has 0 aliphatic carbocycles.